The largest absolute Gasteiger partial charge is 0.507 e. The van der Waals surface area contributed by atoms with Crippen LogP contribution >= 0.6 is 11.6 Å². The number of rotatable bonds is 4. The van der Waals surface area contributed by atoms with Crippen molar-refractivity contribution < 1.29 is 18.7 Å². The molecule has 4 aromatic rings. The van der Waals surface area contributed by atoms with Gasteiger partial charge in [0.15, 0.2) is 17.3 Å². The second kappa shape index (κ2) is 11.7. The molecule has 3 aromatic heterocycles. The highest BCUT2D eigenvalue weighted by Gasteiger charge is 2.39. The lowest BCUT2D eigenvalue weighted by molar-refractivity contribution is -0.127. The Morgan fingerprint density at radius 1 is 1.17 bits per heavy atom. The fourth-order valence-electron chi connectivity index (χ4n) is 6.72. The van der Waals surface area contributed by atoms with Gasteiger partial charge in [0.25, 0.3) is 0 Å². The zero-order valence-corrected chi connectivity index (χ0v) is 26.9. The van der Waals surface area contributed by atoms with E-state index in [2.05, 4.69) is 16.5 Å². The molecular weight excluding hydrogens is 616 g/mol. The molecule has 1 N–H and O–H groups in total. The van der Waals surface area contributed by atoms with Crippen LogP contribution in [0.3, 0.4) is 0 Å². The number of hydrogen-bond acceptors (Lipinski definition) is 8. The summed E-state index contributed by atoms with van der Waals surface area (Å²) >= 11 is 7.08. The van der Waals surface area contributed by atoms with Crippen molar-refractivity contribution in [2.24, 2.45) is 0 Å². The summed E-state index contributed by atoms with van der Waals surface area (Å²) in [6.45, 7) is 12.5. The van der Waals surface area contributed by atoms with Crippen LogP contribution in [-0.4, -0.2) is 74.2 Å². The number of hydrogen-bond donors (Lipinski definition) is 1. The molecule has 13 heteroatoms. The Hall–Kier alpha value is -4.58. The Labute approximate surface area is 269 Å². The Morgan fingerprint density at radius 2 is 1.91 bits per heavy atom. The van der Waals surface area contributed by atoms with Gasteiger partial charge in [0.1, 0.15) is 17.3 Å². The van der Waals surface area contributed by atoms with E-state index in [1.54, 1.807) is 24.2 Å². The van der Waals surface area contributed by atoms with E-state index in [0.29, 0.717) is 54.3 Å². The summed E-state index contributed by atoms with van der Waals surface area (Å²) in [5.41, 5.74) is 0.877. The van der Waals surface area contributed by atoms with Crippen molar-refractivity contribution >= 4 is 40.0 Å². The zero-order valence-electron chi connectivity index (χ0n) is 26.2. The van der Waals surface area contributed by atoms with Crippen LogP contribution in [0.5, 0.6) is 5.75 Å². The number of phenols is 1. The van der Waals surface area contributed by atoms with Crippen molar-refractivity contribution in [3.8, 4) is 22.7 Å². The first-order valence-electron chi connectivity index (χ1n) is 15.1. The number of aromatic hydroxyl groups is 1. The molecule has 46 heavy (non-hydrogen) atoms. The minimum atomic E-state index is -1.32. The Kier molecular flexibility index (Phi) is 7.95. The lowest BCUT2D eigenvalue weighted by Crippen LogP contribution is -2.60. The Balaban J connectivity index is 1.78. The maximum Gasteiger partial charge on any atom is 0.355 e. The summed E-state index contributed by atoms with van der Waals surface area (Å²) in [6.07, 6.45) is 3.51. The van der Waals surface area contributed by atoms with Gasteiger partial charge < -0.3 is 19.8 Å². The lowest BCUT2D eigenvalue weighted by atomic mass is 9.99. The minimum Gasteiger partial charge on any atom is -0.507 e. The van der Waals surface area contributed by atoms with Gasteiger partial charge in [-0.3, -0.25) is 9.78 Å². The molecule has 1 amide bonds. The highest BCUT2D eigenvalue weighted by atomic mass is 35.5. The molecule has 2 aliphatic rings. The van der Waals surface area contributed by atoms with Crippen molar-refractivity contribution in [3.05, 3.63) is 75.4 Å². The molecular formula is C33H34ClF2N7O3. The molecule has 0 bridgehead atoms. The summed E-state index contributed by atoms with van der Waals surface area (Å²) in [6, 6.07) is 3.14. The first-order valence-corrected chi connectivity index (χ1v) is 15.4. The van der Waals surface area contributed by atoms with Crippen molar-refractivity contribution in [1.82, 2.24) is 24.4 Å². The van der Waals surface area contributed by atoms with E-state index in [-0.39, 0.29) is 40.3 Å². The number of halogens is 3. The average Bonchev–Trinajstić information content (AvgIpc) is 3.01. The van der Waals surface area contributed by atoms with Crippen molar-refractivity contribution in [2.75, 3.05) is 36.5 Å². The number of nitrogens with zero attached hydrogens (tertiary/aromatic N) is 7. The standard InChI is InChI=1S/C33H34ClF2N7O3/c1-7-22(45)41-14-18(5)42-19(15-41)11-13-40(6)30-24-31(38-28(25(30)34)23-21(44)9-8-20(35)26(23)36)43(33(46)39-32(24)42)29-17(4)10-12-37-27(29)16(2)3/h7-10,12,16,18-19,44H,1,11,13-15H2,2-6H3. The number of piperazine rings is 1. The van der Waals surface area contributed by atoms with Crippen LogP contribution in [0.4, 0.5) is 20.3 Å². The predicted octanol–water partition coefficient (Wildman–Crippen LogP) is 5.34. The van der Waals surface area contributed by atoms with Crippen LogP contribution in [0.15, 0.2) is 41.8 Å². The van der Waals surface area contributed by atoms with Gasteiger partial charge in [0, 0.05) is 38.9 Å². The van der Waals surface area contributed by atoms with E-state index in [0.717, 1.165) is 17.7 Å². The van der Waals surface area contributed by atoms with E-state index in [1.807, 2.05) is 37.5 Å². The number of anilines is 2. The fourth-order valence-corrected chi connectivity index (χ4v) is 7.09. The molecule has 0 aliphatic carbocycles. The van der Waals surface area contributed by atoms with Crippen molar-refractivity contribution in [1.29, 1.82) is 0 Å². The number of carbonyl (C=O) groups excluding carboxylic acids is 1. The molecule has 1 saturated heterocycles. The molecule has 1 fully saturated rings. The normalized spacial score (nSPS) is 18.1. The molecule has 0 saturated carbocycles. The molecule has 0 spiro atoms. The van der Waals surface area contributed by atoms with E-state index in [1.165, 1.54) is 10.6 Å². The Bertz CT molecular complexity index is 1980. The third-order valence-corrected chi connectivity index (χ3v) is 9.21. The van der Waals surface area contributed by atoms with E-state index < -0.39 is 28.6 Å². The van der Waals surface area contributed by atoms with Gasteiger partial charge in [0.2, 0.25) is 5.91 Å². The topological polar surface area (TPSA) is 108 Å². The number of amides is 1. The molecule has 1 aromatic carbocycles. The van der Waals surface area contributed by atoms with Gasteiger partial charge in [-0.1, -0.05) is 32.0 Å². The van der Waals surface area contributed by atoms with Crippen molar-refractivity contribution in [3.63, 3.8) is 0 Å². The van der Waals surface area contributed by atoms with Crippen LogP contribution in [0.25, 0.3) is 28.0 Å². The van der Waals surface area contributed by atoms with Gasteiger partial charge in [-0.25, -0.2) is 23.1 Å². The summed E-state index contributed by atoms with van der Waals surface area (Å²) in [5.74, 6) is -3.05. The summed E-state index contributed by atoms with van der Waals surface area (Å²) in [4.78, 5) is 46.7. The van der Waals surface area contributed by atoms with Crippen LogP contribution in [0.2, 0.25) is 5.02 Å². The number of phenolic OH excluding ortho intramolecular Hbond substituents is 1. The monoisotopic (exact) mass is 649 g/mol. The maximum absolute atomic E-state index is 15.5. The van der Waals surface area contributed by atoms with Crippen LogP contribution in [0.1, 0.15) is 44.4 Å². The number of pyridine rings is 2. The minimum absolute atomic E-state index is 0.0402. The number of carbonyl (C=O) groups is 1. The van der Waals surface area contributed by atoms with E-state index in [4.69, 9.17) is 16.6 Å². The number of aromatic nitrogens is 4. The molecule has 2 unspecified atom stereocenters. The quantitative estimate of drug-likeness (QED) is 0.295. The van der Waals surface area contributed by atoms with E-state index >= 15 is 4.39 Å². The molecule has 0 radical (unpaired) electrons. The molecule has 2 atom stereocenters. The summed E-state index contributed by atoms with van der Waals surface area (Å²) in [5, 5.41) is 11.2. The molecule has 6 rings (SSSR count). The first-order chi connectivity index (χ1) is 21.8. The first kappa shape index (κ1) is 31.4. The average molecular weight is 650 g/mol. The second-order valence-corrected chi connectivity index (χ2v) is 12.6. The van der Waals surface area contributed by atoms with Crippen LogP contribution < -0.4 is 15.5 Å². The summed E-state index contributed by atoms with van der Waals surface area (Å²) < 4.78 is 31.4. The number of aryl methyl sites for hydroxylation is 1. The van der Waals surface area contributed by atoms with Gasteiger partial charge in [0.05, 0.1) is 39.1 Å². The predicted molar refractivity (Wildman–Crippen MR) is 174 cm³/mol. The SMILES string of the molecule is C=CC(=O)N1CC(C)N2c3nc(=O)n(-c4c(C)ccnc4C(C)C)c4nc(-c5c(O)ccc(F)c5F)c(Cl)c(c34)N(C)CCC2C1. The molecule has 240 valence electrons. The second-order valence-electron chi connectivity index (χ2n) is 12.2. The number of fused-ring (bicyclic) bond motifs is 2. The zero-order chi connectivity index (χ0) is 33.2. The van der Waals surface area contributed by atoms with Gasteiger partial charge in [-0.2, -0.15) is 4.98 Å². The molecule has 2 aliphatic heterocycles. The third-order valence-electron chi connectivity index (χ3n) is 8.85. The summed E-state index contributed by atoms with van der Waals surface area (Å²) in [7, 11) is 1.80. The Morgan fingerprint density at radius 3 is 2.61 bits per heavy atom. The van der Waals surface area contributed by atoms with Gasteiger partial charge in [-0.05, 0) is 56.0 Å². The smallest absolute Gasteiger partial charge is 0.355 e. The third kappa shape index (κ3) is 4.86. The molecule has 5 heterocycles. The van der Waals surface area contributed by atoms with E-state index in [9.17, 15) is 19.1 Å². The number of benzene rings is 1. The fraction of sp³-hybridized carbons (Fsp3) is 0.364. The van der Waals surface area contributed by atoms with Gasteiger partial charge >= 0.3 is 5.69 Å². The maximum atomic E-state index is 15.5. The highest BCUT2D eigenvalue weighted by molar-refractivity contribution is 6.38. The van der Waals surface area contributed by atoms with Crippen LogP contribution in [0, 0.1) is 18.6 Å². The molecule has 10 nitrogen and oxygen atoms in total. The van der Waals surface area contributed by atoms with Crippen LogP contribution in [-0.2, 0) is 4.79 Å². The highest BCUT2D eigenvalue weighted by Crippen LogP contribution is 2.47. The van der Waals surface area contributed by atoms with Crippen molar-refractivity contribution in [2.45, 2.75) is 52.1 Å². The lowest BCUT2D eigenvalue weighted by Gasteiger charge is -2.48. The van der Waals surface area contributed by atoms with Gasteiger partial charge in [-0.15, -0.1) is 0 Å².